The second-order valence-corrected chi connectivity index (χ2v) is 8.94. The molecule has 2 aromatic heterocycles. The van der Waals surface area contributed by atoms with Crippen LogP contribution in [0.3, 0.4) is 0 Å². The van der Waals surface area contributed by atoms with Crippen LogP contribution in [0.25, 0.3) is 10.2 Å². The molecule has 0 spiro atoms. The van der Waals surface area contributed by atoms with Gasteiger partial charge in [-0.05, 0) is 68.7 Å². The summed E-state index contributed by atoms with van der Waals surface area (Å²) < 4.78 is 1.22. The minimum Gasteiger partial charge on any atom is -0.324 e. The van der Waals surface area contributed by atoms with Crippen molar-refractivity contribution in [2.75, 3.05) is 5.32 Å². The molecule has 1 aliphatic carbocycles. The van der Waals surface area contributed by atoms with Gasteiger partial charge in [-0.1, -0.05) is 24.3 Å². The molecule has 0 saturated carbocycles. The van der Waals surface area contributed by atoms with E-state index in [0.29, 0.717) is 16.1 Å². The lowest BCUT2D eigenvalue weighted by atomic mass is 9.89. The number of aromatic nitrogens is 3. The van der Waals surface area contributed by atoms with Crippen LogP contribution in [-0.4, -0.2) is 20.9 Å². The van der Waals surface area contributed by atoms with E-state index in [-0.39, 0.29) is 11.5 Å². The van der Waals surface area contributed by atoms with E-state index in [9.17, 15) is 9.59 Å². The average Bonchev–Trinajstić information content (AvgIpc) is 3.02. The number of thiophene rings is 1. The van der Waals surface area contributed by atoms with Crippen LogP contribution < -0.4 is 10.9 Å². The fraction of sp³-hybridized carbons (Fsp3) is 0.429. The van der Waals surface area contributed by atoms with Gasteiger partial charge >= 0.3 is 0 Å². The second-order valence-electron chi connectivity index (χ2n) is 7.85. The maximum Gasteiger partial charge on any atom is 0.279 e. The van der Waals surface area contributed by atoms with Crippen molar-refractivity contribution in [2.45, 2.75) is 53.0 Å². The number of nitrogens with zero attached hydrogens (tertiary/aromatic N) is 3. The highest BCUT2D eigenvalue weighted by molar-refractivity contribution is 7.18. The fourth-order valence-corrected chi connectivity index (χ4v) is 5.06. The van der Waals surface area contributed by atoms with Crippen LogP contribution in [0, 0.1) is 19.8 Å². The molecule has 0 radical (unpaired) electrons. The van der Waals surface area contributed by atoms with Gasteiger partial charge in [0.25, 0.3) is 5.56 Å². The molecule has 0 aliphatic heterocycles. The number of amides is 1. The van der Waals surface area contributed by atoms with E-state index >= 15 is 0 Å². The van der Waals surface area contributed by atoms with Crippen molar-refractivity contribution >= 4 is 33.1 Å². The predicted molar refractivity (Wildman–Crippen MR) is 112 cm³/mol. The fourth-order valence-electron chi connectivity index (χ4n) is 3.74. The standard InChI is InChI=1S/C21H24N4O2S/c1-11-5-7-13(3)16(9-11)22-19(26)14(4)25-21(27)18-15-8-6-12(2)10-17(15)28-20(18)23-24-25/h5,7,9,12,14H,6,8,10H2,1-4H3,(H,22,26). The Labute approximate surface area is 167 Å². The number of nitrogens with one attached hydrogen (secondary N) is 1. The normalized spacial score (nSPS) is 17.4. The van der Waals surface area contributed by atoms with Crippen molar-refractivity contribution in [1.29, 1.82) is 0 Å². The van der Waals surface area contributed by atoms with Crippen LogP contribution in [0.2, 0.25) is 0 Å². The van der Waals surface area contributed by atoms with E-state index < -0.39 is 6.04 Å². The van der Waals surface area contributed by atoms with Crippen molar-refractivity contribution in [3.05, 3.63) is 50.1 Å². The largest absolute Gasteiger partial charge is 0.324 e. The van der Waals surface area contributed by atoms with Gasteiger partial charge in [0.1, 0.15) is 6.04 Å². The molecule has 1 amide bonds. The van der Waals surface area contributed by atoms with Crippen molar-refractivity contribution in [2.24, 2.45) is 5.92 Å². The summed E-state index contributed by atoms with van der Waals surface area (Å²) in [7, 11) is 0. The first-order chi connectivity index (χ1) is 13.3. The number of anilines is 1. The summed E-state index contributed by atoms with van der Waals surface area (Å²) in [5, 5.41) is 11.9. The first-order valence-electron chi connectivity index (χ1n) is 9.63. The molecule has 2 unspecified atom stereocenters. The summed E-state index contributed by atoms with van der Waals surface area (Å²) >= 11 is 1.57. The minimum absolute atomic E-state index is 0.222. The lowest BCUT2D eigenvalue weighted by Gasteiger charge is -2.18. The van der Waals surface area contributed by atoms with Crippen molar-refractivity contribution < 1.29 is 4.79 Å². The Morgan fingerprint density at radius 2 is 2.14 bits per heavy atom. The lowest BCUT2D eigenvalue weighted by Crippen LogP contribution is -2.34. The summed E-state index contributed by atoms with van der Waals surface area (Å²) in [6, 6.07) is 5.14. The Balaban J connectivity index is 1.68. The Morgan fingerprint density at radius 1 is 1.36 bits per heavy atom. The van der Waals surface area contributed by atoms with Crippen LogP contribution in [0.4, 0.5) is 5.69 Å². The third kappa shape index (κ3) is 3.24. The van der Waals surface area contributed by atoms with E-state index in [1.54, 1.807) is 18.3 Å². The Bertz CT molecular complexity index is 1130. The molecule has 6 nitrogen and oxygen atoms in total. The molecule has 0 bridgehead atoms. The van der Waals surface area contributed by atoms with Gasteiger partial charge in [0.2, 0.25) is 5.91 Å². The molecule has 28 heavy (non-hydrogen) atoms. The number of hydrogen-bond donors (Lipinski definition) is 1. The Hall–Kier alpha value is -2.54. The zero-order valence-corrected chi connectivity index (χ0v) is 17.4. The molecule has 0 saturated heterocycles. The number of benzene rings is 1. The molecular weight excluding hydrogens is 372 g/mol. The van der Waals surface area contributed by atoms with E-state index in [1.165, 1.54) is 9.56 Å². The van der Waals surface area contributed by atoms with Crippen molar-refractivity contribution in [3.8, 4) is 0 Å². The summed E-state index contributed by atoms with van der Waals surface area (Å²) in [6.45, 7) is 7.83. The molecular formula is C21H24N4O2S. The molecule has 4 rings (SSSR count). The van der Waals surface area contributed by atoms with E-state index in [1.807, 2.05) is 32.0 Å². The summed E-state index contributed by atoms with van der Waals surface area (Å²) in [5.74, 6) is 0.347. The highest BCUT2D eigenvalue weighted by Crippen LogP contribution is 2.35. The van der Waals surface area contributed by atoms with Gasteiger partial charge in [-0.15, -0.1) is 16.4 Å². The topological polar surface area (TPSA) is 76.9 Å². The average molecular weight is 397 g/mol. The van der Waals surface area contributed by atoms with Crippen LogP contribution in [0.5, 0.6) is 0 Å². The highest BCUT2D eigenvalue weighted by Gasteiger charge is 2.26. The second kappa shape index (κ2) is 7.13. The molecule has 1 aliphatic rings. The molecule has 146 valence electrons. The van der Waals surface area contributed by atoms with Crippen LogP contribution in [0.15, 0.2) is 23.0 Å². The van der Waals surface area contributed by atoms with E-state index in [4.69, 9.17) is 0 Å². The van der Waals surface area contributed by atoms with Crippen LogP contribution in [0.1, 0.15) is 47.9 Å². The van der Waals surface area contributed by atoms with Crippen molar-refractivity contribution in [3.63, 3.8) is 0 Å². The first kappa shape index (κ1) is 18.8. The summed E-state index contributed by atoms with van der Waals surface area (Å²) in [4.78, 5) is 27.9. The minimum atomic E-state index is -0.748. The third-order valence-corrected chi connectivity index (χ3v) is 6.68. The van der Waals surface area contributed by atoms with Gasteiger partial charge in [0.05, 0.1) is 5.39 Å². The highest BCUT2D eigenvalue weighted by atomic mass is 32.1. The molecule has 2 atom stereocenters. The van der Waals surface area contributed by atoms with Gasteiger partial charge in [-0.2, -0.15) is 4.68 Å². The van der Waals surface area contributed by atoms with E-state index in [0.717, 1.165) is 41.6 Å². The molecule has 0 fully saturated rings. The monoisotopic (exact) mass is 396 g/mol. The smallest absolute Gasteiger partial charge is 0.279 e. The van der Waals surface area contributed by atoms with E-state index in [2.05, 4.69) is 22.6 Å². The number of aryl methyl sites for hydroxylation is 3. The molecule has 2 heterocycles. The van der Waals surface area contributed by atoms with Gasteiger partial charge in [0, 0.05) is 10.6 Å². The number of carbonyl (C=O) groups excluding carboxylic acids is 1. The van der Waals surface area contributed by atoms with Crippen LogP contribution in [-0.2, 0) is 17.6 Å². The molecule has 1 N–H and O–H groups in total. The molecule has 1 aromatic carbocycles. The van der Waals surface area contributed by atoms with Crippen LogP contribution >= 0.6 is 11.3 Å². The lowest BCUT2D eigenvalue weighted by molar-refractivity contribution is -0.119. The molecule has 3 aromatic rings. The molecule has 7 heteroatoms. The quantitative estimate of drug-likeness (QED) is 0.731. The summed E-state index contributed by atoms with van der Waals surface area (Å²) in [5.41, 5.74) is 3.67. The number of rotatable bonds is 3. The van der Waals surface area contributed by atoms with Gasteiger partial charge in [-0.3, -0.25) is 9.59 Å². The zero-order chi connectivity index (χ0) is 20.0. The third-order valence-electron chi connectivity index (χ3n) is 5.54. The maximum atomic E-state index is 13.1. The van der Waals surface area contributed by atoms with Gasteiger partial charge in [0.15, 0.2) is 4.83 Å². The van der Waals surface area contributed by atoms with Gasteiger partial charge in [-0.25, -0.2) is 0 Å². The maximum absolute atomic E-state index is 13.1. The number of fused-ring (bicyclic) bond motifs is 3. The Kier molecular flexibility index (Phi) is 4.79. The predicted octanol–water partition coefficient (Wildman–Crippen LogP) is 3.79. The zero-order valence-electron chi connectivity index (χ0n) is 16.6. The number of carbonyl (C=O) groups is 1. The first-order valence-corrected chi connectivity index (χ1v) is 10.4. The summed E-state index contributed by atoms with van der Waals surface area (Å²) in [6.07, 6.45) is 2.95. The van der Waals surface area contributed by atoms with Crippen molar-refractivity contribution in [1.82, 2.24) is 15.0 Å². The SMILES string of the molecule is Cc1ccc(C)c(NC(=O)C(C)n2nnc3sc4c(c3c2=O)CCC(C)C4)c1. The van der Waals surface area contributed by atoms with Gasteiger partial charge < -0.3 is 5.32 Å². The number of hydrogen-bond acceptors (Lipinski definition) is 5. The Morgan fingerprint density at radius 3 is 2.93 bits per heavy atom.